The zero-order valence-electron chi connectivity index (χ0n) is 15.7. The molecule has 0 radical (unpaired) electrons. The van der Waals surface area contributed by atoms with Gasteiger partial charge in [-0.2, -0.15) is 9.78 Å². The first-order valence-electron chi connectivity index (χ1n) is 8.81. The highest BCUT2D eigenvalue weighted by Gasteiger charge is 2.25. The highest BCUT2D eigenvalue weighted by atomic mass is 16.6. The first kappa shape index (κ1) is 18.9. The third kappa shape index (κ3) is 3.73. The molecule has 0 atom stereocenters. The average Bonchev–Trinajstić information content (AvgIpc) is 3.49. The average molecular weight is 408 g/mol. The van der Waals surface area contributed by atoms with E-state index in [2.05, 4.69) is 35.8 Å². The molecule has 0 saturated heterocycles. The summed E-state index contributed by atoms with van der Waals surface area (Å²) >= 11 is 0. The Hall–Kier alpha value is -4.48. The molecule has 1 aromatic carbocycles. The Kier molecular flexibility index (Phi) is 5.19. The van der Waals surface area contributed by atoms with Crippen molar-refractivity contribution in [1.82, 2.24) is 30.7 Å². The van der Waals surface area contributed by atoms with E-state index in [1.165, 1.54) is 17.2 Å². The van der Waals surface area contributed by atoms with Crippen LogP contribution >= 0.6 is 0 Å². The second kappa shape index (κ2) is 8.26. The predicted molar refractivity (Wildman–Crippen MR) is 104 cm³/mol. The molecule has 0 spiro atoms. The van der Waals surface area contributed by atoms with E-state index < -0.39 is 5.91 Å². The number of hydrazone groups is 1. The largest absolute Gasteiger partial charge is 0.494 e. The van der Waals surface area contributed by atoms with Crippen LogP contribution in [0.5, 0.6) is 5.75 Å². The van der Waals surface area contributed by atoms with Gasteiger partial charge in [0.05, 0.1) is 19.1 Å². The van der Waals surface area contributed by atoms with Crippen LogP contribution in [0.4, 0.5) is 5.82 Å². The van der Waals surface area contributed by atoms with E-state index in [1.807, 2.05) is 6.92 Å². The van der Waals surface area contributed by atoms with Crippen molar-refractivity contribution >= 4 is 17.9 Å². The van der Waals surface area contributed by atoms with Crippen molar-refractivity contribution in [1.29, 1.82) is 0 Å². The smallest absolute Gasteiger partial charge is 0.294 e. The monoisotopic (exact) mass is 408 g/mol. The standard InChI is InChI=1S/C18H16N8O4/c1-2-28-12-7-5-11(6-8-12)15-14(18(27)22-20-10-13-4-3-9-29-13)21-25-26(15)17-16(19)23-30-24-17/h3-10H,2H2,1H3,(H2,19,23)(H,22,27)/b20-10+. The minimum absolute atomic E-state index is 0.00171. The number of furan rings is 1. The lowest BCUT2D eigenvalue weighted by atomic mass is 10.1. The van der Waals surface area contributed by atoms with Crippen LogP contribution in [-0.4, -0.2) is 44.0 Å². The maximum atomic E-state index is 12.7. The Morgan fingerprint density at radius 3 is 2.80 bits per heavy atom. The molecule has 0 bridgehead atoms. The van der Waals surface area contributed by atoms with Gasteiger partial charge in [0.1, 0.15) is 17.2 Å². The van der Waals surface area contributed by atoms with Crippen molar-refractivity contribution in [3.05, 3.63) is 54.1 Å². The van der Waals surface area contributed by atoms with E-state index in [-0.39, 0.29) is 17.3 Å². The predicted octanol–water partition coefficient (Wildman–Crippen LogP) is 1.66. The summed E-state index contributed by atoms with van der Waals surface area (Å²) < 4.78 is 16.5. The third-order valence-corrected chi connectivity index (χ3v) is 3.92. The van der Waals surface area contributed by atoms with Crippen molar-refractivity contribution in [3.8, 4) is 22.8 Å². The summed E-state index contributed by atoms with van der Waals surface area (Å²) in [7, 11) is 0. The number of nitrogens with zero attached hydrogens (tertiary/aromatic N) is 6. The number of amides is 1. The number of hydrogen-bond acceptors (Lipinski definition) is 10. The number of nitrogens with two attached hydrogens (primary N) is 1. The molecule has 0 aliphatic rings. The van der Waals surface area contributed by atoms with Crippen LogP contribution in [0.25, 0.3) is 17.1 Å². The molecule has 0 fully saturated rings. The SMILES string of the molecule is CCOc1ccc(-c2c(C(=O)N/N=C/c3ccco3)nnn2-c2nonc2N)cc1. The lowest BCUT2D eigenvalue weighted by Crippen LogP contribution is -2.19. The fourth-order valence-corrected chi connectivity index (χ4v) is 2.63. The number of aromatic nitrogens is 5. The lowest BCUT2D eigenvalue weighted by molar-refractivity contribution is 0.0950. The van der Waals surface area contributed by atoms with E-state index in [4.69, 9.17) is 14.9 Å². The maximum absolute atomic E-state index is 12.7. The number of ether oxygens (including phenoxy) is 1. The summed E-state index contributed by atoms with van der Waals surface area (Å²) in [5.41, 5.74) is 9.12. The summed E-state index contributed by atoms with van der Waals surface area (Å²) in [6.07, 6.45) is 2.85. The zero-order valence-corrected chi connectivity index (χ0v) is 15.7. The Labute approximate surface area is 169 Å². The number of benzene rings is 1. The van der Waals surface area contributed by atoms with Gasteiger partial charge in [0.25, 0.3) is 5.91 Å². The van der Waals surface area contributed by atoms with Gasteiger partial charge >= 0.3 is 0 Å². The number of rotatable bonds is 7. The molecular formula is C18H16N8O4. The van der Waals surface area contributed by atoms with Gasteiger partial charge in [-0.1, -0.05) is 5.21 Å². The summed E-state index contributed by atoms with van der Waals surface area (Å²) in [6, 6.07) is 10.4. The normalized spacial score (nSPS) is 11.1. The van der Waals surface area contributed by atoms with Gasteiger partial charge in [-0.05, 0) is 53.6 Å². The fourth-order valence-electron chi connectivity index (χ4n) is 2.63. The molecule has 12 nitrogen and oxygen atoms in total. The van der Waals surface area contributed by atoms with Crippen LogP contribution in [0.3, 0.4) is 0 Å². The molecule has 12 heteroatoms. The molecule has 0 aliphatic carbocycles. The summed E-state index contributed by atoms with van der Waals surface area (Å²) in [5.74, 6) is 0.659. The van der Waals surface area contributed by atoms with Gasteiger partial charge < -0.3 is 14.9 Å². The van der Waals surface area contributed by atoms with Crippen molar-refractivity contribution in [2.75, 3.05) is 12.3 Å². The van der Waals surface area contributed by atoms with Crippen molar-refractivity contribution < 1.29 is 18.6 Å². The van der Waals surface area contributed by atoms with Crippen LogP contribution < -0.4 is 15.9 Å². The highest BCUT2D eigenvalue weighted by molar-refractivity contribution is 5.98. The van der Waals surface area contributed by atoms with Gasteiger partial charge in [-0.15, -0.1) is 5.10 Å². The Morgan fingerprint density at radius 2 is 2.13 bits per heavy atom. The van der Waals surface area contributed by atoms with Gasteiger partial charge in [0.2, 0.25) is 11.6 Å². The third-order valence-electron chi connectivity index (χ3n) is 3.92. The van der Waals surface area contributed by atoms with Crippen LogP contribution in [0.15, 0.2) is 56.8 Å². The van der Waals surface area contributed by atoms with E-state index in [0.29, 0.717) is 29.4 Å². The minimum Gasteiger partial charge on any atom is -0.494 e. The number of carbonyl (C=O) groups excluding carboxylic acids is 1. The number of nitrogens with one attached hydrogen (secondary N) is 1. The van der Waals surface area contributed by atoms with Crippen molar-refractivity contribution in [2.24, 2.45) is 5.10 Å². The van der Waals surface area contributed by atoms with Crippen LogP contribution in [0.2, 0.25) is 0 Å². The van der Waals surface area contributed by atoms with Crippen LogP contribution in [-0.2, 0) is 0 Å². The highest BCUT2D eigenvalue weighted by Crippen LogP contribution is 2.28. The first-order chi connectivity index (χ1) is 14.7. The second-order valence-corrected chi connectivity index (χ2v) is 5.84. The molecule has 0 saturated carbocycles. The van der Waals surface area contributed by atoms with E-state index in [0.717, 1.165) is 0 Å². The Balaban J connectivity index is 1.70. The maximum Gasteiger partial charge on any atom is 0.294 e. The number of nitrogen functional groups attached to an aromatic ring is 1. The molecule has 4 aromatic rings. The molecular weight excluding hydrogens is 392 g/mol. The topological polar surface area (TPSA) is 159 Å². The molecule has 3 heterocycles. The summed E-state index contributed by atoms with van der Waals surface area (Å²) in [5, 5.41) is 19.1. The van der Waals surface area contributed by atoms with Crippen LogP contribution in [0.1, 0.15) is 23.2 Å². The molecule has 30 heavy (non-hydrogen) atoms. The Bertz CT molecular complexity index is 1160. The van der Waals surface area contributed by atoms with Gasteiger partial charge in [-0.25, -0.2) is 10.1 Å². The van der Waals surface area contributed by atoms with Crippen molar-refractivity contribution in [3.63, 3.8) is 0 Å². The lowest BCUT2D eigenvalue weighted by Gasteiger charge is -2.07. The van der Waals surface area contributed by atoms with Gasteiger partial charge in [-0.3, -0.25) is 4.79 Å². The zero-order chi connectivity index (χ0) is 20.9. The molecule has 3 aromatic heterocycles. The molecule has 1 amide bonds. The number of hydrogen-bond donors (Lipinski definition) is 2. The Morgan fingerprint density at radius 1 is 1.30 bits per heavy atom. The minimum atomic E-state index is -0.594. The molecule has 3 N–H and O–H groups in total. The van der Waals surface area contributed by atoms with Gasteiger partial charge in [0, 0.05) is 5.56 Å². The fraction of sp³-hybridized carbons (Fsp3) is 0.111. The van der Waals surface area contributed by atoms with Crippen molar-refractivity contribution in [2.45, 2.75) is 6.92 Å². The number of carbonyl (C=O) groups is 1. The molecule has 0 aliphatic heterocycles. The van der Waals surface area contributed by atoms with Gasteiger partial charge in [0.15, 0.2) is 5.69 Å². The molecule has 0 unspecified atom stereocenters. The molecule has 4 rings (SSSR count). The summed E-state index contributed by atoms with van der Waals surface area (Å²) in [6.45, 7) is 2.42. The molecule has 152 valence electrons. The van der Waals surface area contributed by atoms with E-state index >= 15 is 0 Å². The van der Waals surface area contributed by atoms with E-state index in [1.54, 1.807) is 36.4 Å². The first-order valence-corrected chi connectivity index (χ1v) is 8.81. The number of anilines is 1. The van der Waals surface area contributed by atoms with Crippen LogP contribution in [0, 0.1) is 0 Å². The second-order valence-electron chi connectivity index (χ2n) is 5.84. The van der Waals surface area contributed by atoms with E-state index in [9.17, 15) is 4.79 Å². The quantitative estimate of drug-likeness (QED) is 0.342. The summed E-state index contributed by atoms with van der Waals surface area (Å²) in [4.78, 5) is 12.7.